The van der Waals surface area contributed by atoms with Crippen molar-refractivity contribution in [2.45, 2.75) is 38.3 Å². The Balaban J connectivity index is 0.00000300. The number of rotatable bonds is 5. The molecule has 0 saturated carbocycles. The van der Waals surface area contributed by atoms with Crippen molar-refractivity contribution in [2.75, 3.05) is 26.7 Å². The van der Waals surface area contributed by atoms with E-state index in [9.17, 15) is 9.59 Å². The van der Waals surface area contributed by atoms with E-state index in [-0.39, 0.29) is 41.9 Å². The van der Waals surface area contributed by atoms with Crippen molar-refractivity contribution in [3.63, 3.8) is 0 Å². The van der Waals surface area contributed by atoms with Crippen molar-refractivity contribution < 1.29 is 14.3 Å². The van der Waals surface area contributed by atoms with E-state index in [2.05, 4.69) is 25.8 Å². The molecule has 2 aliphatic rings. The lowest BCUT2D eigenvalue weighted by Gasteiger charge is -2.39. The molecule has 3 amide bonds. The van der Waals surface area contributed by atoms with Gasteiger partial charge in [0.05, 0.1) is 6.54 Å². The SMILES string of the molecule is CN=C(NCC(C)Oc1ccccc1)N1CCC(C2(C)NC(=O)NC2=O)CC1.I. The number of carbonyl (C=O) groups excluding carboxylic acids is 2. The summed E-state index contributed by atoms with van der Waals surface area (Å²) in [7, 11) is 1.77. The van der Waals surface area contributed by atoms with E-state index in [1.165, 1.54) is 0 Å². The Hall–Kier alpha value is -2.04. The fourth-order valence-electron chi connectivity index (χ4n) is 3.85. The van der Waals surface area contributed by atoms with Gasteiger partial charge in [0.2, 0.25) is 0 Å². The van der Waals surface area contributed by atoms with Crippen LogP contribution in [0.2, 0.25) is 0 Å². The van der Waals surface area contributed by atoms with Gasteiger partial charge in [0.1, 0.15) is 17.4 Å². The number of halogens is 1. The van der Waals surface area contributed by atoms with Crippen LogP contribution in [0.5, 0.6) is 5.75 Å². The highest BCUT2D eigenvalue weighted by molar-refractivity contribution is 14.0. The first-order valence-electron chi connectivity index (χ1n) is 9.73. The fourth-order valence-corrected chi connectivity index (χ4v) is 3.85. The molecule has 2 fully saturated rings. The summed E-state index contributed by atoms with van der Waals surface area (Å²) in [4.78, 5) is 30.2. The second-order valence-electron chi connectivity index (χ2n) is 7.54. The van der Waals surface area contributed by atoms with Crippen molar-refractivity contribution >= 4 is 41.9 Å². The molecule has 2 unspecified atom stereocenters. The summed E-state index contributed by atoms with van der Waals surface area (Å²) >= 11 is 0. The van der Waals surface area contributed by atoms with Gasteiger partial charge in [-0.15, -0.1) is 24.0 Å². The third kappa shape index (κ3) is 5.52. The second-order valence-corrected chi connectivity index (χ2v) is 7.54. The second kappa shape index (κ2) is 10.1. The number of nitrogens with one attached hydrogen (secondary N) is 3. The summed E-state index contributed by atoms with van der Waals surface area (Å²) in [5.74, 6) is 1.55. The molecule has 29 heavy (non-hydrogen) atoms. The van der Waals surface area contributed by atoms with Gasteiger partial charge in [-0.3, -0.25) is 15.1 Å². The molecule has 9 heteroatoms. The van der Waals surface area contributed by atoms with Crippen LogP contribution in [0.1, 0.15) is 26.7 Å². The average molecular weight is 515 g/mol. The van der Waals surface area contributed by atoms with Crippen LogP contribution in [0.3, 0.4) is 0 Å². The molecule has 0 bridgehead atoms. The van der Waals surface area contributed by atoms with Crippen LogP contribution < -0.4 is 20.7 Å². The highest BCUT2D eigenvalue weighted by Crippen LogP contribution is 2.30. The first kappa shape index (κ1) is 23.2. The van der Waals surface area contributed by atoms with Crippen molar-refractivity contribution in [2.24, 2.45) is 10.9 Å². The summed E-state index contributed by atoms with van der Waals surface area (Å²) in [5, 5.41) is 8.51. The van der Waals surface area contributed by atoms with Gasteiger partial charge in [0.25, 0.3) is 5.91 Å². The number of nitrogens with zero attached hydrogens (tertiary/aromatic N) is 2. The summed E-state index contributed by atoms with van der Waals surface area (Å²) in [6, 6.07) is 9.34. The highest BCUT2D eigenvalue weighted by atomic mass is 127. The van der Waals surface area contributed by atoms with Crippen LogP contribution in [0.4, 0.5) is 4.79 Å². The first-order chi connectivity index (χ1) is 13.4. The van der Waals surface area contributed by atoms with Gasteiger partial charge in [-0.05, 0) is 44.7 Å². The molecule has 2 saturated heterocycles. The number of piperidine rings is 1. The lowest BCUT2D eigenvalue weighted by atomic mass is 9.79. The van der Waals surface area contributed by atoms with Crippen molar-refractivity contribution in [1.29, 1.82) is 0 Å². The molecule has 3 rings (SSSR count). The van der Waals surface area contributed by atoms with Gasteiger partial charge < -0.3 is 20.3 Å². The van der Waals surface area contributed by atoms with Gasteiger partial charge in [0.15, 0.2) is 5.96 Å². The number of carbonyl (C=O) groups is 2. The van der Waals surface area contributed by atoms with Crippen LogP contribution in [0.25, 0.3) is 0 Å². The average Bonchev–Trinajstić information content (AvgIpc) is 2.96. The number of imide groups is 1. The van der Waals surface area contributed by atoms with E-state index in [0.29, 0.717) is 6.54 Å². The highest BCUT2D eigenvalue weighted by Gasteiger charge is 2.48. The lowest BCUT2D eigenvalue weighted by molar-refractivity contribution is -0.125. The van der Waals surface area contributed by atoms with Crippen LogP contribution in [0.15, 0.2) is 35.3 Å². The molecule has 8 nitrogen and oxygen atoms in total. The van der Waals surface area contributed by atoms with E-state index in [4.69, 9.17) is 4.74 Å². The molecule has 0 radical (unpaired) electrons. The van der Waals surface area contributed by atoms with Gasteiger partial charge in [0, 0.05) is 20.1 Å². The molecule has 2 atom stereocenters. The molecule has 0 aliphatic carbocycles. The van der Waals surface area contributed by atoms with E-state index >= 15 is 0 Å². The van der Waals surface area contributed by atoms with Crippen LogP contribution in [0, 0.1) is 5.92 Å². The summed E-state index contributed by atoms with van der Waals surface area (Å²) in [6.07, 6.45) is 1.61. The minimum atomic E-state index is -0.821. The normalized spacial score (nSPS) is 23.7. The molecule has 2 heterocycles. The van der Waals surface area contributed by atoms with Crippen LogP contribution in [-0.4, -0.2) is 61.1 Å². The third-order valence-electron chi connectivity index (χ3n) is 5.52. The van der Waals surface area contributed by atoms with Gasteiger partial charge >= 0.3 is 6.03 Å². The van der Waals surface area contributed by atoms with Crippen molar-refractivity contribution in [3.05, 3.63) is 30.3 Å². The lowest BCUT2D eigenvalue weighted by Crippen LogP contribution is -2.55. The van der Waals surface area contributed by atoms with Crippen molar-refractivity contribution in [3.8, 4) is 5.75 Å². The Morgan fingerprint density at radius 2 is 1.97 bits per heavy atom. The largest absolute Gasteiger partial charge is 0.489 e. The monoisotopic (exact) mass is 515 g/mol. The fraction of sp³-hybridized carbons (Fsp3) is 0.550. The Labute approximate surface area is 188 Å². The molecule has 2 aliphatic heterocycles. The van der Waals surface area contributed by atoms with Crippen LogP contribution in [-0.2, 0) is 4.79 Å². The number of likely N-dealkylation sites (tertiary alicyclic amines) is 1. The number of aliphatic imine (C=N–C) groups is 1. The number of urea groups is 1. The molecular formula is C20H30IN5O3. The maximum atomic E-state index is 12.1. The van der Waals surface area contributed by atoms with E-state index in [1.54, 1.807) is 7.05 Å². The summed E-state index contributed by atoms with van der Waals surface area (Å²) < 4.78 is 5.90. The maximum Gasteiger partial charge on any atom is 0.322 e. The van der Waals surface area contributed by atoms with E-state index in [0.717, 1.165) is 37.6 Å². The quantitative estimate of drug-likeness (QED) is 0.241. The topological polar surface area (TPSA) is 95.1 Å². The Morgan fingerprint density at radius 1 is 1.31 bits per heavy atom. The number of ether oxygens (including phenoxy) is 1. The first-order valence-corrected chi connectivity index (χ1v) is 9.73. The van der Waals surface area contributed by atoms with Gasteiger partial charge in [-0.25, -0.2) is 4.79 Å². The predicted octanol–water partition coefficient (Wildman–Crippen LogP) is 1.96. The van der Waals surface area contributed by atoms with Gasteiger partial charge in [-0.2, -0.15) is 0 Å². The van der Waals surface area contributed by atoms with E-state index in [1.807, 2.05) is 44.2 Å². The zero-order valence-corrected chi connectivity index (χ0v) is 19.4. The predicted molar refractivity (Wildman–Crippen MR) is 123 cm³/mol. The number of hydrogen-bond donors (Lipinski definition) is 3. The summed E-state index contributed by atoms with van der Waals surface area (Å²) in [5.41, 5.74) is -0.821. The van der Waals surface area contributed by atoms with Crippen molar-refractivity contribution in [1.82, 2.24) is 20.9 Å². The Bertz CT molecular complexity index is 737. The number of benzene rings is 1. The standard InChI is InChI=1S/C20H29N5O3.HI/c1-14(28-16-7-5-4-6-8-16)13-22-18(21-3)25-11-9-15(10-12-25)20(2)17(26)23-19(27)24-20;/h4-8,14-15H,9-13H2,1-3H3,(H,21,22)(H2,23,24,26,27);1H. The smallest absolute Gasteiger partial charge is 0.322 e. The zero-order valence-electron chi connectivity index (χ0n) is 17.1. The molecule has 1 aromatic rings. The molecule has 1 aromatic carbocycles. The molecule has 3 N–H and O–H groups in total. The minimum Gasteiger partial charge on any atom is -0.489 e. The molecule has 160 valence electrons. The molecular weight excluding hydrogens is 485 g/mol. The van der Waals surface area contributed by atoms with Gasteiger partial charge in [-0.1, -0.05) is 18.2 Å². The number of hydrogen-bond acceptors (Lipinski definition) is 4. The third-order valence-corrected chi connectivity index (χ3v) is 5.52. The maximum absolute atomic E-state index is 12.1. The zero-order chi connectivity index (χ0) is 20.1. The molecule has 0 spiro atoms. The number of guanidine groups is 1. The Morgan fingerprint density at radius 3 is 2.52 bits per heavy atom. The van der Waals surface area contributed by atoms with E-state index < -0.39 is 11.6 Å². The summed E-state index contributed by atoms with van der Waals surface area (Å²) in [6.45, 7) is 6.01. The Kier molecular flexibility index (Phi) is 8.12. The van der Waals surface area contributed by atoms with Crippen LogP contribution >= 0.6 is 24.0 Å². The number of amides is 3. The number of para-hydroxylation sites is 1. The molecule has 0 aromatic heterocycles. The minimum absolute atomic E-state index is 0.